The maximum Gasteiger partial charge on any atom is 0.333 e. The number of hydrogen-bond acceptors (Lipinski definition) is 3. The molecule has 5 nitrogen and oxygen atoms in total. The molecule has 6 heteroatoms. The zero-order valence-corrected chi connectivity index (χ0v) is 8.11. The predicted octanol–water partition coefficient (Wildman–Crippen LogP) is 0.247. The van der Waals surface area contributed by atoms with Gasteiger partial charge in [0.1, 0.15) is 11.5 Å². The highest BCUT2D eigenvalue weighted by molar-refractivity contribution is 5.37. The summed E-state index contributed by atoms with van der Waals surface area (Å²) in [5.41, 5.74) is 4.47. The quantitative estimate of drug-likeness (QED) is 0.724. The Labute approximate surface area is 89.0 Å². The average molecular weight is 221 g/mol. The SMILES string of the molecule is Nc1cn(-c2ccc(F)cc2)c(=O)[nH]c1=O. The van der Waals surface area contributed by atoms with Crippen LogP contribution in [0.2, 0.25) is 0 Å². The fourth-order valence-corrected chi connectivity index (χ4v) is 1.28. The topological polar surface area (TPSA) is 80.9 Å². The Morgan fingerprint density at radius 1 is 1.19 bits per heavy atom. The lowest BCUT2D eigenvalue weighted by Crippen LogP contribution is -2.29. The monoisotopic (exact) mass is 221 g/mol. The Balaban J connectivity index is 2.65. The molecule has 0 aliphatic carbocycles. The first-order valence-electron chi connectivity index (χ1n) is 4.45. The number of benzene rings is 1. The van der Waals surface area contributed by atoms with Crippen molar-refractivity contribution in [2.24, 2.45) is 0 Å². The Bertz CT molecular complexity index is 628. The van der Waals surface area contributed by atoms with Gasteiger partial charge in [-0.05, 0) is 24.3 Å². The number of nitrogens with two attached hydrogens (primary N) is 1. The van der Waals surface area contributed by atoms with Crippen molar-refractivity contribution in [1.82, 2.24) is 9.55 Å². The first-order valence-corrected chi connectivity index (χ1v) is 4.45. The van der Waals surface area contributed by atoms with Crippen molar-refractivity contribution >= 4 is 5.69 Å². The van der Waals surface area contributed by atoms with Crippen LogP contribution in [0.25, 0.3) is 5.69 Å². The van der Waals surface area contributed by atoms with Gasteiger partial charge in [0.15, 0.2) is 0 Å². The third kappa shape index (κ3) is 1.72. The van der Waals surface area contributed by atoms with Gasteiger partial charge < -0.3 is 5.73 Å². The number of rotatable bonds is 1. The van der Waals surface area contributed by atoms with Gasteiger partial charge in [-0.3, -0.25) is 14.3 Å². The molecule has 0 fully saturated rings. The van der Waals surface area contributed by atoms with Gasteiger partial charge in [0, 0.05) is 6.20 Å². The molecule has 3 N–H and O–H groups in total. The van der Waals surface area contributed by atoms with Gasteiger partial charge >= 0.3 is 5.69 Å². The van der Waals surface area contributed by atoms with Crippen LogP contribution in [0.5, 0.6) is 0 Å². The highest BCUT2D eigenvalue weighted by Gasteiger charge is 2.03. The standard InChI is InChI=1S/C10H8FN3O2/c11-6-1-3-7(4-2-6)14-5-8(12)9(15)13-10(14)16/h1-5H,12H2,(H,13,15,16). The number of H-pyrrole nitrogens is 1. The maximum absolute atomic E-state index is 12.7. The molecule has 0 amide bonds. The van der Waals surface area contributed by atoms with Crippen LogP contribution in [-0.2, 0) is 0 Å². The second-order valence-corrected chi connectivity index (χ2v) is 3.19. The van der Waals surface area contributed by atoms with E-state index in [1.807, 2.05) is 0 Å². The molecule has 0 radical (unpaired) electrons. The number of aromatic nitrogens is 2. The Hall–Kier alpha value is -2.37. The molecule has 1 aromatic heterocycles. The summed E-state index contributed by atoms with van der Waals surface area (Å²) in [6.07, 6.45) is 1.20. The Kier molecular flexibility index (Phi) is 2.32. The van der Waals surface area contributed by atoms with Crippen LogP contribution in [0.4, 0.5) is 10.1 Å². The zero-order chi connectivity index (χ0) is 11.7. The Morgan fingerprint density at radius 3 is 2.44 bits per heavy atom. The molecule has 2 rings (SSSR count). The van der Waals surface area contributed by atoms with Gasteiger partial charge in [0.2, 0.25) is 0 Å². The summed E-state index contributed by atoms with van der Waals surface area (Å²) in [7, 11) is 0. The number of nitrogens with zero attached hydrogens (tertiary/aromatic N) is 1. The van der Waals surface area contributed by atoms with Gasteiger partial charge in [-0.2, -0.15) is 0 Å². The normalized spacial score (nSPS) is 10.3. The highest BCUT2D eigenvalue weighted by atomic mass is 19.1. The summed E-state index contributed by atoms with van der Waals surface area (Å²) in [5.74, 6) is -0.408. The summed E-state index contributed by atoms with van der Waals surface area (Å²) in [6.45, 7) is 0. The van der Waals surface area contributed by atoms with Crippen LogP contribution in [0.15, 0.2) is 40.1 Å². The van der Waals surface area contributed by atoms with E-state index in [2.05, 4.69) is 4.98 Å². The molecule has 0 aliphatic heterocycles. The van der Waals surface area contributed by atoms with E-state index in [4.69, 9.17) is 5.73 Å². The van der Waals surface area contributed by atoms with Crippen LogP contribution in [0.1, 0.15) is 0 Å². The molecule has 0 unspecified atom stereocenters. The zero-order valence-electron chi connectivity index (χ0n) is 8.11. The largest absolute Gasteiger partial charge is 0.393 e. The van der Waals surface area contributed by atoms with E-state index < -0.39 is 17.1 Å². The van der Waals surface area contributed by atoms with E-state index >= 15 is 0 Å². The molecular weight excluding hydrogens is 213 g/mol. The lowest BCUT2D eigenvalue weighted by Gasteiger charge is -2.04. The maximum atomic E-state index is 12.7. The summed E-state index contributed by atoms with van der Waals surface area (Å²) < 4.78 is 13.8. The van der Waals surface area contributed by atoms with E-state index in [-0.39, 0.29) is 5.69 Å². The smallest absolute Gasteiger partial charge is 0.333 e. The van der Waals surface area contributed by atoms with Crippen LogP contribution in [0, 0.1) is 5.82 Å². The first kappa shape index (κ1) is 10.2. The molecule has 0 saturated heterocycles. The lowest BCUT2D eigenvalue weighted by molar-refractivity contribution is 0.627. The van der Waals surface area contributed by atoms with Crippen LogP contribution < -0.4 is 17.0 Å². The predicted molar refractivity (Wildman–Crippen MR) is 57.0 cm³/mol. The van der Waals surface area contributed by atoms with Crippen molar-refractivity contribution in [3.8, 4) is 5.69 Å². The van der Waals surface area contributed by atoms with E-state index in [0.717, 1.165) is 4.57 Å². The molecule has 0 aliphatic rings. The molecule has 16 heavy (non-hydrogen) atoms. The van der Waals surface area contributed by atoms with Crippen molar-refractivity contribution < 1.29 is 4.39 Å². The highest BCUT2D eigenvalue weighted by Crippen LogP contribution is 2.06. The second kappa shape index (κ2) is 3.65. The van der Waals surface area contributed by atoms with Gasteiger partial charge in [0.25, 0.3) is 5.56 Å². The number of nitrogen functional groups attached to an aromatic ring is 1. The van der Waals surface area contributed by atoms with Crippen molar-refractivity contribution in [3.05, 3.63) is 57.1 Å². The number of anilines is 1. The summed E-state index contributed by atoms with van der Waals surface area (Å²) in [6, 6.07) is 5.25. The van der Waals surface area contributed by atoms with Gasteiger partial charge in [-0.15, -0.1) is 0 Å². The Morgan fingerprint density at radius 2 is 1.81 bits per heavy atom. The molecule has 1 heterocycles. The van der Waals surface area contributed by atoms with E-state index in [1.165, 1.54) is 30.5 Å². The molecule has 0 atom stereocenters. The minimum atomic E-state index is -0.636. The summed E-state index contributed by atoms with van der Waals surface area (Å²) >= 11 is 0. The molecule has 1 aromatic carbocycles. The van der Waals surface area contributed by atoms with Gasteiger partial charge in [0.05, 0.1) is 5.69 Å². The minimum absolute atomic E-state index is 0.0797. The van der Waals surface area contributed by atoms with Crippen molar-refractivity contribution in [1.29, 1.82) is 0 Å². The molecule has 0 spiro atoms. The fourth-order valence-electron chi connectivity index (χ4n) is 1.28. The van der Waals surface area contributed by atoms with E-state index in [1.54, 1.807) is 0 Å². The van der Waals surface area contributed by atoms with Crippen molar-refractivity contribution in [3.63, 3.8) is 0 Å². The molecule has 2 aromatic rings. The lowest BCUT2D eigenvalue weighted by atomic mass is 10.3. The number of aromatic amines is 1. The minimum Gasteiger partial charge on any atom is -0.393 e. The summed E-state index contributed by atoms with van der Waals surface area (Å²) in [4.78, 5) is 24.5. The first-order chi connectivity index (χ1) is 7.58. The van der Waals surface area contributed by atoms with Crippen LogP contribution in [-0.4, -0.2) is 9.55 Å². The third-order valence-electron chi connectivity index (χ3n) is 2.07. The molecule has 0 bridgehead atoms. The molecule has 0 saturated carbocycles. The number of halogens is 1. The van der Waals surface area contributed by atoms with Crippen molar-refractivity contribution in [2.45, 2.75) is 0 Å². The average Bonchev–Trinajstić information content (AvgIpc) is 2.25. The van der Waals surface area contributed by atoms with Crippen molar-refractivity contribution in [2.75, 3.05) is 5.73 Å². The van der Waals surface area contributed by atoms with Crippen LogP contribution >= 0.6 is 0 Å². The van der Waals surface area contributed by atoms with Gasteiger partial charge in [-0.1, -0.05) is 0 Å². The second-order valence-electron chi connectivity index (χ2n) is 3.19. The molecule has 82 valence electrons. The summed E-state index contributed by atoms with van der Waals surface area (Å²) in [5, 5.41) is 0. The van der Waals surface area contributed by atoms with Gasteiger partial charge in [-0.25, -0.2) is 9.18 Å². The fraction of sp³-hybridized carbons (Fsp3) is 0. The molecular formula is C10H8FN3O2. The van der Waals surface area contributed by atoms with E-state index in [0.29, 0.717) is 5.69 Å². The van der Waals surface area contributed by atoms with Crippen LogP contribution in [0.3, 0.4) is 0 Å². The van der Waals surface area contributed by atoms with E-state index in [9.17, 15) is 14.0 Å². The number of nitrogens with one attached hydrogen (secondary N) is 1. The number of hydrogen-bond donors (Lipinski definition) is 2. The third-order valence-corrected chi connectivity index (χ3v) is 2.07.